The Bertz CT molecular complexity index is 626. The molecule has 0 saturated carbocycles. The van der Waals surface area contributed by atoms with Crippen molar-refractivity contribution in [1.29, 1.82) is 0 Å². The summed E-state index contributed by atoms with van der Waals surface area (Å²) in [5.41, 5.74) is 0. The quantitative estimate of drug-likeness (QED) is 0.679. The van der Waals surface area contributed by atoms with E-state index in [1.54, 1.807) is 13.8 Å². The minimum Gasteiger partial charge on any atom is -0.480 e. The van der Waals surface area contributed by atoms with Crippen LogP contribution in [0.1, 0.15) is 27.2 Å². The van der Waals surface area contributed by atoms with Gasteiger partial charge in [-0.15, -0.1) is 0 Å². The number of aromatic nitrogens is 1. The Morgan fingerprint density at radius 3 is 2.57 bits per heavy atom. The summed E-state index contributed by atoms with van der Waals surface area (Å²) in [6, 6.07) is -1.22. The number of hydrogen-bond acceptors (Lipinski definition) is 6. The molecule has 0 radical (unpaired) electrons. The van der Waals surface area contributed by atoms with Crippen LogP contribution in [0.5, 0.6) is 0 Å². The van der Waals surface area contributed by atoms with E-state index in [2.05, 4.69) is 15.0 Å². The Morgan fingerprint density at radius 1 is 1.48 bits per heavy atom. The van der Waals surface area contributed by atoms with Gasteiger partial charge in [0.05, 0.1) is 6.20 Å². The lowest BCUT2D eigenvalue weighted by molar-refractivity contribution is -0.140. The fraction of sp³-hybridized carbons (Fsp3) is 0.545. The summed E-state index contributed by atoms with van der Waals surface area (Å²) in [6.07, 6.45) is 1.59. The standard InChI is InChI=1S/C11H17N3O5S2/c1-4-6(2)9(10(16)17)14-21(18,19)8-5-12-11(20-8)13-7(3)15/h5-6,9,14H,4H2,1-3H3,(H,16,17)(H,12,13,15)/t6-,9-/m0/s1. The molecule has 0 saturated heterocycles. The van der Waals surface area contributed by atoms with Crippen molar-refractivity contribution in [2.75, 3.05) is 5.32 Å². The van der Waals surface area contributed by atoms with Gasteiger partial charge < -0.3 is 10.4 Å². The van der Waals surface area contributed by atoms with Crippen molar-refractivity contribution < 1.29 is 23.1 Å². The largest absolute Gasteiger partial charge is 0.480 e. The van der Waals surface area contributed by atoms with Gasteiger partial charge in [0.1, 0.15) is 6.04 Å². The summed E-state index contributed by atoms with van der Waals surface area (Å²) in [4.78, 5) is 25.8. The van der Waals surface area contributed by atoms with Gasteiger partial charge in [-0.1, -0.05) is 31.6 Å². The first-order valence-corrected chi connectivity index (χ1v) is 8.46. The number of nitrogens with one attached hydrogen (secondary N) is 2. The molecule has 10 heteroatoms. The zero-order valence-electron chi connectivity index (χ0n) is 11.8. The van der Waals surface area contributed by atoms with Crippen molar-refractivity contribution in [3.05, 3.63) is 6.20 Å². The number of carbonyl (C=O) groups is 2. The number of carbonyl (C=O) groups excluding carboxylic acids is 1. The molecule has 1 amide bonds. The number of carboxylic acid groups (broad SMARTS) is 1. The van der Waals surface area contributed by atoms with Crippen molar-refractivity contribution in [1.82, 2.24) is 9.71 Å². The fourth-order valence-corrected chi connectivity index (χ4v) is 3.85. The highest BCUT2D eigenvalue weighted by Gasteiger charge is 2.30. The van der Waals surface area contributed by atoms with Crippen LogP contribution in [-0.2, 0) is 19.6 Å². The van der Waals surface area contributed by atoms with Crippen LogP contribution in [0.25, 0.3) is 0 Å². The first-order valence-electron chi connectivity index (χ1n) is 6.16. The molecule has 0 bridgehead atoms. The molecule has 2 atom stereocenters. The highest BCUT2D eigenvalue weighted by molar-refractivity contribution is 7.91. The molecule has 0 aliphatic heterocycles. The van der Waals surface area contributed by atoms with Crippen LogP contribution in [-0.4, -0.2) is 36.4 Å². The van der Waals surface area contributed by atoms with E-state index in [0.29, 0.717) is 6.42 Å². The van der Waals surface area contributed by atoms with Gasteiger partial charge in [0.25, 0.3) is 10.0 Å². The van der Waals surface area contributed by atoms with E-state index < -0.39 is 22.0 Å². The van der Waals surface area contributed by atoms with Gasteiger partial charge in [0.15, 0.2) is 9.34 Å². The van der Waals surface area contributed by atoms with Crippen LogP contribution in [0, 0.1) is 5.92 Å². The topological polar surface area (TPSA) is 125 Å². The third-order valence-corrected chi connectivity index (χ3v) is 5.61. The Labute approximate surface area is 126 Å². The molecule has 1 aromatic rings. The number of rotatable bonds is 7. The van der Waals surface area contributed by atoms with E-state index >= 15 is 0 Å². The summed E-state index contributed by atoms with van der Waals surface area (Å²) in [5.74, 6) is -1.97. The van der Waals surface area contributed by atoms with Gasteiger partial charge >= 0.3 is 5.97 Å². The molecule has 3 N–H and O–H groups in total. The van der Waals surface area contributed by atoms with Gasteiger partial charge in [-0.3, -0.25) is 9.59 Å². The van der Waals surface area contributed by atoms with Crippen molar-refractivity contribution in [2.45, 2.75) is 37.4 Å². The highest BCUT2D eigenvalue weighted by Crippen LogP contribution is 2.23. The SMILES string of the molecule is CC[C@H](C)[C@H](NS(=O)(=O)c1cnc(NC(C)=O)s1)C(=O)O. The van der Waals surface area contributed by atoms with Crippen LogP contribution < -0.4 is 10.0 Å². The molecule has 0 aromatic carbocycles. The predicted molar refractivity (Wildman–Crippen MR) is 77.6 cm³/mol. The van der Waals surface area contributed by atoms with E-state index in [-0.39, 0.29) is 21.2 Å². The van der Waals surface area contributed by atoms with Crippen LogP contribution in [0.3, 0.4) is 0 Å². The van der Waals surface area contributed by atoms with Gasteiger partial charge in [0, 0.05) is 6.92 Å². The molecule has 8 nitrogen and oxygen atoms in total. The summed E-state index contributed by atoms with van der Waals surface area (Å²) in [5, 5.41) is 11.6. The molecular formula is C11H17N3O5S2. The van der Waals surface area contributed by atoms with E-state index in [1.165, 1.54) is 6.92 Å². The number of anilines is 1. The average Bonchev–Trinajstić information content (AvgIpc) is 2.83. The summed E-state index contributed by atoms with van der Waals surface area (Å²) in [7, 11) is -4.00. The number of sulfonamides is 1. The molecule has 1 aromatic heterocycles. The van der Waals surface area contributed by atoms with E-state index in [1.807, 2.05) is 0 Å². The number of aliphatic carboxylic acids is 1. The normalized spacial score (nSPS) is 14.4. The van der Waals surface area contributed by atoms with E-state index in [0.717, 1.165) is 17.5 Å². The highest BCUT2D eigenvalue weighted by atomic mass is 32.2. The van der Waals surface area contributed by atoms with E-state index in [9.17, 15) is 18.0 Å². The van der Waals surface area contributed by atoms with Crippen LogP contribution >= 0.6 is 11.3 Å². The number of amides is 1. The second kappa shape index (κ2) is 6.96. The number of hydrogen-bond donors (Lipinski definition) is 3. The minimum absolute atomic E-state index is 0.137. The van der Waals surface area contributed by atoms with Crippen LogP contribution in [0.15, 0.2) is 10.4 Å². The summed E-state index contributed by atoms with van der Waals surface area (Å²) in [6.45, 7) is 4.70. The second-order valence-electron chi connectivity index (χ2n) is 4.49. The molecule has 0 aliphatic carbocycles. The van der Waals surface area contributed by atoms with Crippen molar-refractivity contribution >= 4 is 38.4 Å². The third kappa shape index (κ3) is 4.76. The molecule has 21 heavy (non-hydrogen) atoms. The molecule has 0 spiro atoms. The lowest BCUT2D eigenvalue weighted by atomic mass is 10.0. The van der Waals surface area contributed by atoms with Crippen molar-refractivity contribution in [3.8, 4) is 0 Å². The Hall–Kier alpha value is -1.52. The second-order valence-corrected chi connectivity index (χ2v) is 7.46. The maximum absolute atomic E-state index is 12.1. The minimum atomic E-state index is -4.00. The summed E-state index contributed by atoms with van der Waals surface area (Å²) >= 11 is 0.755. The van der Waals surface area contributed by atoms with E-state index in [4.69, 9.17) is 5.11 Å². The first kappa shape index (κ1) is 17.5. The Balaban J connectivity index is 2.97. The summed E-state index contributed by atoms with van der Waals surface area (Å²) < 4.78 is 26.3. The Morgan fingerprint density at radius 2 is 2.10 bits per heavy atom. The Kier molecular flexibility index (Phi) is 5.81. The van der Waals surface area contributed by atoms with Crippen LogP contribution in [0.4, 0.5) is 5.13 Å². The lowest BCUT2D eigenvalue weighted by Gasteiger charge is -2.19. The molecule has 1 heterocycles. The molecule has 0 aliphatic rings. The molecule has 1 rings (SSSR count). The van der Waals surface area contributed by atoms with Gasteiger partial charge in [0.2, 0.25) is 5.91 Å². The molecule has 0 fully saturated rings. The maximum Gasteiger partial charge on any atom is 0.322 e. The monoisotopic (exact) mass is 335 g/mol. The zero-order chi connectivity index (χ0) is 16.2. The molecular weight excluding hydrogens is 318 g/mol. The van der Waals surface area contributed by atoms with Gasteiger partial charge in [-0.2, -0.15) is 4.72 Å². The smallest absolute Gasteiger partial charge is 0.322 e. The van der Waals surface area contributed by atoms with Crippen molar-refractivity contribution in [3.63, 3.8) is 0 Å². The lowest BCUT2D eigenvalue weighted by Crippen LogP contribution is -2.44. The first-order chi connectivity index (χ1) is 9.67. The third-order valence-electron chi connectivity index (χ3n) is 2.79. The molecule has 118 valence electrons. The number of thiazole rings is 1. The van der Waals surface area contributed by atoms with Crippen LogP contribution in [0.2, 0.25) is 0 Å². The van der Waals surface area contributed by atoms with Gasteiger partial charge in [-0.25, -0.2) is 13.4 Å². The number of nitrogens with zero attached hydrogens (tertiary/aromatic N) is 1. The molecule has 0 unspecified atom stereocenters. The van der Waals surface area contributed by atoms with Crippen molar-refractivity contribution in [2.24, 2.45) is 5.92 Å². The maximum atomic E-state index is 12.1. The number of carboxylic acids is 1. The van der Waals surface area contributed by atoms with Gasteiger partial charge in [-0.05, 0) is 5.92 Å². The fourth-order valence-electron chi connectivity index (χ4n) is 1.46. The average molecular weight is 335 g/mol. The predicted octanol–water partition coefficient (Wildman–Crippen LogP) is 0.879. The zero-order valence-corrected chi connectivity index (χ0v) is 13.4.